The molecule has 3 rings (SSSR count). The number of nitrogens with zero attached hydrogens (tertiary/aromatic N) is 4. The first-order valence-corrected chi connectivity index (χ1v) is 10.5. The van der Waals surface area contributed by atoms with Gasteiger partial charge in [0.25, 0.3) is 5.91 Å². The fourth-order valence-electron chi connectivity index (χ4n) is 3.32. The number of carbonyl (C=O) groups excluding carboxylic acids is 2. The molecule has 0 bridgehead atoms. The van der Waals surface area contributed by atoms with E-state index in [-0.39, 0.29) is 18.4 Å². The molecule has 0 aliphatic rings. The molecule has 0 saturated heterocycles. The van der Waals surface area contributed by atoms with E-state index in [9.17, 15) is 9.59 Å². The highest BCUT2D eigenvalue weighted by atomic mass is 16.2. The Morgan fingerprint density at radius 3 is 2.73 bits per heavy atom. The molecule has 1 N–H and O–H groups in total. The molecule has 7 nitrogen and oxygen atoms in total. The second kappa shape index (κ2) is 10.5. The van der Waals surface area contributed by atoms with Gasteiger partial charge in [0.1, 0.15) is 12.4 Å². The molecule has 0 aliphatic heterocycles. The summed E-state index contributed by atoms with van der Waals surface area (Å²) < 4.78 is 2.00. The van der Waals surface area contributed by atoms with Gasteiger partial charge in [0.05, 0.1) is 16.6 Å². The van der Waals surface area contributed by atoms with Crippen LogP contribution >= 0.6 is 0 Å². The Balaban J connectivity index is 1.64. The Bertz CT molecular complexity index is 984. The van der Waals surface area contributed by atoms with Crippen LogP contribution < -0.4 is 5.32 Å². The number of imidazole rings is 1. The third-order valence-electron chi connectivity index (χ3n) is 5.09. The Kier molecular flexibility index (Phi) is 7.54. The molecule has 0 fully saturated rings. The first kappa shape index (κ1) is 21.5. The highest BCUT2D eigenvalue weighted by Gasteiger charge is 2.16. The number of pyridine rings is 1. The Morgan fingerprint density at radius 1 is 1.13 bits per heavy atom. The van der Waals surface area contributed by atoms with Crippen molar-refractivity contribution in [3.05, 3.63) is 60.2 Å². The van der Waals surface area contributed by atoms with Gasteiger partial charge in [0.15, 0.2) is 0 Å². The van der Waals surface area contributed by atoms with Gasteiger partial charge in [-0.1, -0.05) is 25.5 Å². The Morgan fingerprint density at radius 2 is 1.97 bits per heavy atom. The first-order chi connectivity index (χ1) is 14.6. The lowest BCUT2D eigenvalue weighted by atomic mass is 10.2. The highest BCUT2D eigenvalue weighted by molar-refractivity contribution is 5.93. The second-order valence-corrected chi connectivity index (χ2v) is 7.37. The fraction of sp³-hybridized carbons (Fsp3) is 0.391. The van der Waals surface area contributed by atoms with Gasteiger partial charge in [-0.25, -0.2) is 4.98 Å². The van der Waals surface area contributed by atoms with Crippen molar-refractivity contribution in [2.24, 2.45) is 0 Å². The molecular formula is C23H29N5O2. The van der Waals surface area contributed by atoms with Crippen molar-refractivity contribution in [3.63, 3.8) is 0 Å². The molecule has 0 spiro atoms. The van der Waals surface area contributed by atoms with Crippen LogP contribution in [0.4, 0.5) is 0 Å². The van der Waals surface area contributed by atoms with Crippen LogP contribution in [0.2, 0.25) is 0 Å². The lowest BCUT2D eigenvalue weighted by Crippen LogP contribution is -2.31. The largest absolute Gasteiger partial charge is 0.352 e. The van der Waals surface area contributed by atoms with Crippen LogP contribution in [0.3, 0.4) is 0 Å². The third kappa shape index (κ3) is 5.43. The molecular weight excluding hydrogens is 378 g/mol. The quantitative estimate of drug-likeness (QED) is 0.524. The van der Waals surface area contributed by atoms with Gasteiger partial charge >= 0.3 is 0 Å². The van der Waals surface area contributed by atoms with Crippen LogP contribution in [0.15, 0.2) is 48.8 Å². The summed E-state index contributed by atoms with van der Waals surface area (Å²) in [7, 11) is 1.85. The van der Waals surface area contributed by atoms with E-state index in [0.29, 0.717) is 18.5 Å². The summed E-state index contributed by atoms with van der Waals surface area (Å²) in [5, 5.41) is 2.91. The van der Waals surface area contributed by atoms with E-state index in [1.807, 2.05) is 35.9 Å². The van der Waals surface area contributed by atoms with Crippen molar-refractivity contribution in [2.45, 2.75) is 39.2 Å². The van der Waals surface area contributed by atoms with Crippen molar-refractivity contribution in [3.8, 4) is 0 Å². The van der Waals surface area contributed by atoms with E-state index >= 15 is 0 Å². The monoisotopic (exact) mass is 407 g/mol. The topological polar surface area (TPSA) is 80.1 Å². The lowest BCUT2D eigenvalue weighted by Gasteiger charge is -2.18. The van der Waals surface area contributed by atoms with Crippen molar-refractivity contribution in [2.75, 3.05) is 20.1 Å². The van der Waals surface area contributed by atoms with E-state index in [4.69, 9.17) is 4.98 Å². The number of unbranched alkanes of at least 4 members (excludes halogenated alkanes) is 1. The van der Waals surface area contributed by atoms with Crippen LogP contribution in [-0.4, -0.2) is 51.4 Å². The number of aryl methyl sites for hydroxylation is 1. The van der Waals surface area contributed by atoms with Crippen LogP contribution in [0.1, 0.15) is 42.4 Å². The Labute approximate surface area is 177 Å². The van der Waals surface area contributed by atoms with Gasteiger partial charge in [-0.15, -0.1) is 0 Å². The lowest BCUT2D eigenvalue weighted by molar-refractivity contribution is -0.130. The maximum absolute atomic E-state index is 12.7. The molecule has 0 unspecified atom stereocenters. The van der Waals surface area contributed by atoms with E-state index in [0.717, 1.165) is 42.7 Å². The number of hydrogen-bond donors (Lipinski definition) is 1. The molecule has 0 saturated carbocycles. The van der Waals surface area contributed by atoms with Gasteiger partial charge in [0.2, 0.25) is 5.91 Å². The molecule has 158 valence electrons. The number of carbonyl (C=O) groups is 2. The molecule has 2 heterocycles. The predicted molar refractivity (Wildman–Crippen MR) is 117 cm³/mol. The van der Waals surface area contributed by atoms with E-state index in [2.05, 4.69) is 17.2 Å². The SMILES string of the molecule is CCCCN(C)C(=O)Cn1c(CCCNC(=O)c2cccnc2)nc2ccccc21. The summed E-state index contributed by atoms with van der Waals surface area (Å²) in [6.07, 6.45) is 6.65. The highest BCUT2D eigenvalue weighted by Crippen LogP contribution is 2.17. The van der Waals surface area contributed by atoms with E-state index in [1.54, 1.807) is 29.4 Å². The van der Waals surface area contributed by atoms with Gasteiger partial charge < -0.3 is 14.8 Å². The number of fused-ring (bicyclic) bond motifs is 1. The Hall–Kier alpha value is -3.22. The summed E-state index contributed by atoms with van der Waals surface area (Å²) in [4.78, 5) is 35.3. The summed E-state index contributed by atoms with van der Waals surface area (Å²) in [6.45, 7) is 3.68. The van der Waals surface area contributed by atoms with Crippen molar-refractivity contribution < 1.29 is 9.59 Å². The number of nitrogens with one attached hydrogen (secondary N) is 1. The summed E-state index contributed by atoms with van der Waals surface area (Å²) >= 11 is 0. The van der Waals surface area contributed by atoms with Gasteiger partial charge in [-0.05, 0) is 37.1 Å². The van der Waals surface area contributed by atoms with Crippen molar-refractivity contribution >= 4 is 22.8 Å². The van der Waals surface area contributed by atoms with Gasteiger partial charge in [0, 0.05) is 39.0 Å². The predicted octanol–water partition coefficient (Wildman–Crippen LogP) is 3.05. The van der Waals surface area contributed by atoms with Gasteiger partial charge in [-0.3, -0.25) is 14.6 Å². The normalized spacial score (nSPS) is 10.9. The molecule has 0 aliphatic carbocycles. The molecule has 2 amide bonds. The molecule has 3 aromatic rings. The minimum absolute atomic E-state index is 0.0812. The molecule has 1 aromatic carbocycles. The molecule has 0 radical (unpaired) electrons. The summed E-state index contributed by atoms with van der Waals surface area (Å²) in [6, 6.07) is 11.4. The number of aromatic nitrogens is 3. The number of benzene rings is 1. The van der Waals surface area contributed by atoms with Crippen LogP contribution in [0, 0.1) is 0 Å². The number of hydrogen-bond acceptors (Lipinski definition) is 4. The maximum atomic E-state index is 12.7. The van der Waals surface area contributed by atoms with E-state index < -0.39 is 0 Å². The number of rotatable bonds is 10. The maximum Gasteiger partial charge on any atom is 0.252 e. The smallest absolute Gasteiger partial charge is 0.252 e. The molecule has 2 aromatic heterocycles. The fourth-order valence-corrected chi connectivity index (χ4v) is 3.32. The van der Waals surface area contributed by atoms with Crippen LogP contribution in [0.5, 0.6) is 0 Å². The first-order valence-electron chi connectivity index (χ1n) is 10.5. The van der Waals surface area contributed by atoms with Crippen molar-refractivity contribution in [1.29, 1.82) is 0 Å². The van der Waals surface area contributed by atoms with Gasteiger partial charge in [-0.2, -0.15) is 0 Å². The molecule has 0 atom stereocenters. The van der Waals surface area contributed by atoms with Crippen molar-refractivity contribution in [1.82, 2.24) is 24.8 Å². The van der Waals surface area contributed by atoms with E-state index in [1.165, 1.54) is 0 Å². The third-order valence-corrected chi connectivity index (χ3v) is 5.09. The average Bonchev–Trinajstić information content (AvgIpc) is 3.12. The number of para-hydroxylation sites is 2. The average molecular weight is 408 g/mol. The minimum Gasteiger partial charge on any atom is -0.352 e. The molecule has 30 heavy (non-hydrogen) atoms. The number of likely N-dealkylation sites (N-methyl/N-ethyl adjacent to an activating group) is 1. The summed E-state index contributed by atoms with van der Waals surface area (Å²) in [5.74, 6) is 0.811. The molecule has 7 heteroatoms. The standard InChI is InChI=1S/C23H29N5O2/c1-3-4-15-27(2)22(29)17-28-20-11-6-5-10-19(20)26-21(28)12-8-14-25-23(30)18-9-7-13-24-16-18/h5-7,9-11,13,16H,3-4,8,12,14-15,17H2,1-2H3,(H,25,30). The van der Waals surface area contributed by atoms with Crippen LogP contribution in [0.25, 0.3) is 11.0 Å². The number of amides is 2. The zero-order valence-corrected chi connectivity index (χ0v) is 17.7. The zero-order valence-electron chi connectivity index (χ0n) is 17.7. The zero-order chi connectivity index (χ0) is 21.3. The second-order valence-electron chi connectivity index (χ2n) is 7.37. The summed E-state index contributed by atoms with van der Waals surface area (Å²) in [5.41, 5.74) is 2.39. The minimum atomic E-state index is -0.135. The van der Waals surface area contributed by atoms with Crippen LogP contribution in [-0.2, 0) is 17.8 Å².